The van der Waals surface area contributed by atoms with Crippen LogP contribution in [0.15, 0.2) is 66.7 Å². The van der Waals surface area contributed by atoms with Gasteiger partial charge in [0.05, 0.1) is 0 Å². The number of rotatable bonds is 3. The molecule has 0 fully saturated rings. The van der Waals surface area contributed by atoms with Gasteiger partial charge in [-0.15, -0.1) is 0 Å². The zero-order valence-corrected chi connectivity index (χ0v) is 9.43. The molecule has 0 spiro atoms. The Bertz CT molecular complexity index is 449. The maximum Gasteiger partial charge on any atom is 0.0121 e. The topological polar surface area (TPSA) is 0 Å². The standard InChI is InChI=1S/C16H15/c1-2-3-7-14-10-12-16(13-11-14)15-8-5-4-6-9-15/h2-13H,1H3. The van der Waals surface area contributed by atoms with Crippen molar-refractivity contribution in [1.29, 1.82) is 0 Å². The fraction of sp³-hybridized carbons (Fsp3) is 0.0625. The molecule has 0 unspecified atom stereocenters. The van der Waals surface area contributed by atoms with Gasteiger partial charge < -0.3 is 0 Å². The lowest BCUT2D eigenvalue weighted by Gasteiger charge is -2.02. The Labute approximate surface area is 97.3 Å². The molecular formula is C16H15. The lowest BCUT2D eigenvalue weighted by molar-refractivity contribution is 1.50. The van der Waals surface area contributed by atoms with Crippen LogP contribution in [-0.2, 0) is 0 Å². The monoisotopic (exact) mass is 207 g/mol. The molecule has 0 heterocycles. The Balaban J connectivity index is 2.20. The third-order valence-corrected chi connectivity index (χ3v) is 2.50. The van der Waals surface area contributed by atoms with Crippen molar-refractivity contribution < 1.29 is 0 Å². The van der Waals surface area contributed by atoms with Crippen LogP contribution in [0, 0.1) is 6.42 Å². The van der Waals surface area contributed by atoms with Gasteiger partial charge in [-0.05, 0) is 23.6 Å². The van der Waals surface area contributed by atoms with Crippen LogP contribution in [-0.4, -0.2) is 0 Å². The van der Waals surface area contributed by atoms with E-state index in [0.29, 0.717) is 0 Å². The summed E-state index contributed by atoms with van der Waals surface area (Å²) in [6.07, 6.45) is 6.19. The number of hydrogen-bond acceptors (Lipinski definition) is 0. The van der Waals surface area contributed by atoms with Gasteiger partial charge in [0.25, 0.3) is 0 Å². The van der Waals surface area contributed by atoms with Gasteiger partial charge in [-0.2, -0.15) is 0 Å². The molecule has 0 heteroatoms. The average Bonchev–Trinajstić information content (AvgIpc) is 2.38. The molecule has 79 valence electrons. The van der Waals surface area contributed by atoms with Crippen molar-refractivity contribution >= 4 is 0 Å². The third-order valence-electron chi connectivity index (χ3n) is 2.50. The van der Waals surface area contributed by atoms with Crippen LogP contribution in [0.4, 0.5) is 0 Å². The molecule has 0 N–H and O–H groups in total. The minimum absolute atomic E-state index is 1.23. The second-order valence-corrected chi connectivity index (χ2v) is 3.68. The smallest absolute Gasteiger partial charge is 0.0121 e. The normalized spacial score (nSPS) is 10.8. The Kier molecular flexibility index (Phi) is 3.55. The second-order valence-electron chi connectivity index (χ2n) is 3.68. The fourth-order valence-corrected chi connectivity index (χ4v) is 1.62. The zero-order valence-electron chi connectivity index (χ0n) is 9.43. The van der Waals surface area contributed by atoms with Gasteiger partial charge in [0.15, 0.2) is 0 Å². The first kappa shape index (κ1) is 10.7. The van der Waals surface area contributed by atoms with E-state index < -0.39 is 0 Å². The van der Waals surface area contributed by atoms with Crippen LogP contribution in [0.1, 0.15) is 12.5 Å². The highest BCUT2D eigenvalue weighted by atomic mass is 14.0. The molecule has 2 rings (SSSR count). The summed E-state index contributed by atoms with van der Waals surface area (Å²) >= 11 is 0. The van der Waals surface area contributed by atoms with Gasteiger partial charge in [-0.25, -0.2) is 0 Å². The van der Waals surface area contributed by atoms with Gasteiger partial charge in [-0.1, -0.05) is 66.7 Å². The van der Waals surface area contributed by atoms with E-state index >= 15 is 0 Å². The first-order valence-corrected chi connectivity index (χ1v) is 5.51. The molecule has 0 atom stereocenters. The van der Waals surface area contributed by atoms with E-state index in [1.165, 1.54) is 16.7 Å². The first-order chi connectivity index (χ1) is 7.90. The van der Waals surface area contributed by atoms with E-state index in [1.54, 1.807) is 0 Å². The predicted octanol–water partition coefficient (Wildman–Crippen LogP) is 4.48. The molecule has 0 nitrogen and oxygen atoms in total. The summed E-state index contributed by atoms with van der Waals surface area (Å²) in [5.74, 6) is 0. The second kappa shape index (κ2) is 5.32. The maximum atomic E-state index is 2.16. The molecule has 0 saturated carbocycles. The maximum absolute atomic E-state index is 2.16. The summed E-state index contributed by atoms with van der Waals surface area (Å²) in [5, 5.41) is 0. The molecule has 0 aliphatic heterocycles. The predicted molar refractivity (Wildman–Crippen MR) is 70.1 cm³/mol. The number of benzene rings is 2. The summed E-state index contributed by atoms with van der Waals surface area (Å²) in [4.78, 5) is 0. The highest BCUT2D eigenvalue weighted by Crippen LogP contribution is 2.19. The van der Waals surface area contributed by atoms with Crippen molar-refractivity contribution in [2.24, 2.45) is 0 Å². The van der Waals surface area contributed by atoms with Gasteiger partial charge in [0.1, 0.15) is 0 Å². The Hall–Kier alpha value is -1.82. The first-order valence-electron chi connectivity index (χ1n) is 5.51. The van der Waals surface area contributed by atoms with Crippen LogP contribution in [0.25, 0.3) is 11.1 Å². The highest BCUT2D eigenvalue weighted by molar-refractivity contribution is 5.63. The van der Waals surface area contributed by atoms with Crippen LogP contribution < -0.4 is 0 Å². The summed E-state index contributed by atoms with van der Waals surface area (Å²) < 4.78 is 0. The van der Waals surface area contributed by atoms with Gasteiger partial charge in [-0.3, -0.25) is 0 Å². The van der Waals surface area contributed by atoms with Crippen LogP contribution >= 0.6 is 0 Å². The molecule has 0 aliphatic rings. The molecule has 0 saturated heterocycles. The van der Waals surface area contributed by atoms with Crippen LogP contribution in [0.2, 0.25) is 0 Å². The molecule has 2 aromatic carbocycles. The lowest BCUT2D eigenvalue weighted by Crippen LogP contribution is -1.80. The van der Waals surface area contributed by atoms with Crippen LogP contribution in [0.3, 0.4) is 0 Å². The number of hydrogen-bond donors (Lipinski definition) is 0. The van der Waals surface area contributed by atoms with Crippen LogP contribution in [0.5, 0.6) is 0 Å². The summed E-state index contributed by atoms with van der Waals surface area (Å²) in [7, 11) is 0. The summed E-state index contributed by atoms with van der Waals surface area (Å²) in [5.41, 5.74) is 3.76. The van der Waals surface area contributed by atoms with E-state index in [1.807, 2.05) is 19.1 Å². The molecule has 0 bridgehead atoms. The lowest BCUT2D eigenvalue weighted by atomic mass is 10.0. The van der Waals surface area contributed by atoms with Crippen molar-refractivity contribution in [3.05, 3.63) is 78.7 Å². The van der Waals surface area contributed by atoms with Crippen molar-refractivity contribution in [2.45, 2.75) is 6.92 Å². The van der Waals surface area contributed by atoms with Crippen molar-refractivity contribution in [3.63, 3.8) is 0 Å². The minimum atomic E-state index is 1.23. The van der Waals surface area contributed by atoms with E-state index in [9.17, 15) is 0 Å². The average molecular weight is 207 g/mol. The summed E-state index contributed by atoms with van der Waals surface area (Å²) in [6, 6.07) is 19.0. The van der Waals surface area contributed by atoms with E-state index in [2.05, 4.69) is 61.0 Å². The van der Waals surface area contributed by atoms with Crippen molar-refractivity contribution in [1.82, 2.24) is 0 Å². The van der Waals surface area contributed by atoms with Crippen molar-refractivity contribution in [3.8, 4) is 11.1 Å². The molecule has 0 aliphatic carbocycles. The van der Waals surface area contributed by atoms with Gasteiger partial charge in [0.2, 0.25) is 0 Å². The fourth-order valence-electron chi connectivity index (χ4n) is 1.62. The van der Waals surface area contributed by atoms with E-state index in [-0.39, 0.29) is 0 Å². The zero-order chi connectivity index (χ0) is 11.2. The quantitative estimate of drug-likeness (QED) is 0.696. The Morgan fingerprint density at radius 2 is 1.38 bits per heavy atom. The van der Waals surface area contributed by atoms with E-state index in [0.717, 1.165) is 0 Å². The highest BCUT2D eigenvalue weighted by Gasteiger charge is 1.96. The molecule has 2 aromatic rings. The van der Waals surface area contributed by atoms with Gasteiger partial charge >= 0.3 is 0 Å². The summed E-state index contributed by atoms with van der Waals surface area (Å²) in [6.45, 7) is 2.02. The SMILES string of the molecule is CC=C[CH]c1ccc(-c2ccccc2)cc1. The Morgan fingerprint density at radius 1 is 0.750 bits per heavy atom. The van der Waals surface area contributed by atoms with Crippen molar-refractivity contribution in [2.75, 3.05) is 0 Å². The van der Waals surface area contributed by atoms with Gasteiger partial charge in [0, 0.05) is 6.42 Å². The number of allylic oxidation sites excluding steroid dienone is 2. The molecule has 1 radical (unpaired) electrons. The molecule has 0 amide bonds. The Morgan fingerprint density at radius 3 is 2.00 bits per heavy atom. The molecule has 0 aromatic heterocycles. The van der Waals surface area contributed by atoms with E-state index in [4.69, 9.17) is 0 Å². The largest absolute Gasteiger partial charge is 0.0910 e. The molecule has 16 heavy (non-hydrogen) atoms. The minimum Gasteiger partial charge on any atom is -0.0910 e. The molecular weight excluding hydrogens is 192 g/mol. The third kappa shape index (κ3) is 2.60.